The third-order valence-electron chi connectivity index (χ3n) is 6.49. The first kappa shape index (κ1) is 18.0. The highest BCUT2D eigenvalue weighted by Crippen LogP contribution is 2.55. The summed E-state index contributed by atoms with van der Waals surface area (Å²) in [5, 5.41) is 11.0. The van der Waals surface area contributed by atoms with Crippen LogP contribution in [-0.4, -0.2) is 27.6 Å². The van der Waals surface area contributed by atoms with Crippen molar-refractivity contribution < 1.29 is 9.21 Å². The minimum absolute atomic E-state index is 0.0198. The summed E-state index contributed by atoms with van der Waals surface area (Å²) in [6.07, 6.45) is 4.31. The number of hydrogen-bond acceptors (Lipinski definition) is 5. The number of rotatable bonds is 4. The largest absolute Gasteiger partial charge is 0.412 e. The van der Waals surface area contributed by atoms with E-state index in [0.29, 0.717) is 24.3 Å². The Kier molecular flexibility index (Phi) is 4.16. The van der Waals surface area contributed by atoms with Crippen molar-refractivity contribution in [3.8, 4) is 11.5 Å². The third kappa shape index (κ3) is 2.94. The molecular formula is C25H20N4O2. The second kappa shape index (κ2) is 7.16. The van der Waals surface area contributed by atoms with Crippen LogP contribution in [0.5, 0.6) is 0 Å². The molecular weight excluding hydrogens is 388 g/mol. The molecule has 1 atom stereocenters. The van der Waals surface area contributed by atoms with Gasteiger partial charge < -0.3 is 9.73 Å². The topological polar surface area (TPSA) is 80.9 Å². The predicted molar refractivity (Wildman–Crippen MR) is 115 cm³/mol. The van der Waals surface area contributed by atoms with Gasteiger partial charge in [-0.25, -0.2) is 0 Å². The molecule has 0 saturated carbocycles. The quantitative estimate of drug-likeness (QED) is 0.548. The fraction of sp³-hybridized carbons (Fsp3) is 0.200. The molecule has 7 rings (SSSR count). The van der Waals surface area contributed by atoms with Crippen LogP contribution >= 0.6 is 0 Å². The SMILES string of the molecule is O=C(NCC1CC2c3ccccc3C1c1ccccc12)c1nnc(-c2ccncc2)o1. The van der Waals surface area contributed by atoms with Crippen molar-refractivity contribution in [2.45, 2.75) is 18.3 Å². The maximum absolute atomic E-state index is 12.7. The van der Waals surface area contributed by atoms with Crippen LogP contribution in [0.15, 0.2) is 77.5 Å². The first-order valence-corrected chi connectivity index (χ1v) is 10.5. The summed E-state index contributed by atoms with van der Waals surface area (Å²) >= 11 is 0. The Hall–Kier alpha value is -3.80. The number of aromatic nitrogens is 3. The molecule has 3 aliphatic rings. The Labute approximate surface area is 179 Å². The molecule has 0 fully saturated rings. The molecule has 4 aromatic rings. The summed E-state index contributed by atoms with van der Waals surface area (Å²) < 4.78 is 5.58. The molecule has 2 heterocycles. The van der Waals surface area contributed by atoms with E-state index < -0.39 is 0 Å². The molecule has 2 bridgehead atoms. The van der Waals surface area contributed by atoms with Gasteiger partial charge in [0, 0.05) is 36.3 Å². The monoisotopic (exact) mass is 408 g/mol. The molecule has 31 heavy (non-hydrogen) atoms. The highest BCUT2D eigenvalue weighted by molar-refractivity contribution is 5.89. The first-order chi connectivity index (χ1) is 15.3. The number of fused-ring (bicyclic) bond motifs is 1. The average molecular weight is 408 g/mol. The normalized spacial score (nSPS) is 20.7. The fourth-order valence-corrected chi connectivity index (χ4v) is 5.19. The second-order valence-electron chi connectivity index (χ2n) is 8.14. The number of amides is 1. The van der Waals surface area contributed by atoms with Gasteiger partial charge in [0.25, 0.3) is 0 Å². The van der Waals surface area contributed by atoms with E-state index in [1.54, 1.807) is 24.5 Å². The summed E-state index contributed by atoms with van der Waals surface area (Å²) in [5.74, 6) is 0.937. The lowest BCUT2D eigenvalue weighted by molar-refractivity contribution is 0.0908. The van der Waals surface area contributed by atoms with Crippen LogP contribution in [0, 0.1) is 5.92 Å². The van der Waals surface area contributed by atoms with Gasteiger partial charge in [0.05, 0.1) is 0 Å². The van der Waals surface area contributed by atoms with Gasteiger partial charge in [0.15, 0.2) is 0 Å². The maximum Gasteiger partial charge on any atom is 0.308 e. The van der Waals surface area contributed by atoms with Crippen molar-refractivity contribution >= 4 is 5.91 Å². The summed E-state index contributed by atoms with van der Waals surface area (Å²) in [7, 11) is 0. The number of hydrogen-bond donors (Lipinski definition) is 1. The van der Waals surface area contributed by atoms with Gasteiger partial charge in [-0.1, -0.05) is 48.5 Å². The van der Waals surface area contributed by atoms with E-state index in [-0.39, 0.29) is 17.7 Å². The minimum Gasteiger partial charge on any atom is -0.412 e. The van der Waals surface area contributed by atoms with Crippen molar-refractivity contribution in [1.82, 2.24) is 20.5 Å². The number of benzene rings is 2. The zero-order chi connectivity index (χ0) is 20.8. The smallest absolute Gasteiger partial charge is 0.308 e. The van der Waals surface area contributed by atoms with E-state index in [0.717, 1.165) is 12.0 Å². The molecule has 1 unspecified atom stereocenters. The molecule has 1 amide bonds. The zero-order valence-electron chi connectivity index (χ0n) is 16.7. The lowest BCUT2D eigenvalue weighted by Gasteiger charge is -2.45. The van der Waals surface area contributed by atoms with E-state index in [9.17, 15) is 4.79 Å². The molecule has 0 spiro atoms. The van der Waals surface area contributed by atoms with E-state index in [4.69, 9.17) is 4.42 Å². The molecule has 6 heteroatoms. The standard InChI is InChI=1S/C25H20N4O2/c30-23(25-29-28-24(31-25)15-9-11-26-12-10-15)27-14-16-13-21-17-5-1-3-7-19(17)22(16)20-8-4-2-6-18(20)21/h1-12,16,21-22H,13-14H2,(H,27,30). The average Bonchev–Trinajstić information content (AvgIpc) is 3.34. The van der Waals surface area contributed by atoms with Crippen molar-refractivity contribution in [3.63, 3.8) is 0 Å². The van der Waals surface area contributed by atoms with E-state index in [1.165, 1.54) is 22.3 Å². The van der Waals surface area contributed by atoms with Crippen molar-refractivity contribution in [2.75, 3.05) is 6.54 Å². The second-order valence-corrected chi connectivity index (χ2v) is 8.14. The fourth-order valence-electron chi connectivity index (χ4n) is 5.19. The third-order valence-corrected chi connectivity index (χ3v) is 6.49. The summed E-state index contributed by atoms with van der Waals surface area (Å²) in [6, 6.07) is 20.9. The van der Waals surface area contributed by atoms with Gasteiger partial charge >= 0.3 is 11.8 Å². The van der Waals surface area contributed by atoms with Gasteiger partial charge in [-0.2, -0.15) is 0 Å². The summed E-state index contributed by atoms with van der Waals surface area (Å²) in [6.45, 7) is 0.565. The van der Waals surface area contributed by atoms with Crippen molar-refractivity contribution in [1.29, 1.82) is 0 Å². The van der Waals surface area contributed by atoms with Gasteiger partial charge in [-0.05, 0) is 46.7 Å². The van der Waals surface area contributed by atoms with E-state index in [2.05, 4.69) is 69.0 Å². The van der Waals surface area contributed by atoms with Crippen LogP contribution in [0.2, 0.25) is 0 Å². The molecule has 3 aliphatic carbocycles. The molecule has 152 valence electrons. The summed E-state index contributed by atoms with van der Waals surface area (Å²) in [5.41, 5.74) is 6.35. The molecule has 0 saturated heterocycles. The lowest BCUT2D eigenvalue weighted by atomic mass is 9.59. The van der Waals surface area contributed by atoms with Crippen LogP contribution in [0.1, 0.15) is 51.2 Å². The van der Waals surface area contributed by atoms with Crippen LogP contribution in [0.4, 0.5) is 0 Å². The number of carbonyl (C=O) groups excluding carboxylic acids is 1. The van der Waals surface area contributed by atoms with Gasteiger partial charge in [0.2, 0.25) is 5.89 Å². The Morgan fingerprint density at radius 1 is 0.903 bits per heavy atom. The highest BCUT2D eigenvalue weighted by atomic mass is 16.4. The molecule has 6 nitrogen and oxygen atoms in total. The van der Waals surface area contributed by atoms with Crippen molar-refractivity contribution in [2.24, 2.45) is 5.92 Å². The molecule has 2 aromatic carbocycles. The molecule has 0 aliphatic heterocycles. The number of pyridine rings is 1. The van der Waals surface area contributed by atoms with Crippen LogP contribution in [0.3, 0.4) is 0 Å². The molecule has 0 radical (unpaired) electrons. The Morgan fingerprint density at radius 3 is 2.23 bits per heavy atom. The Balaban J connectivity index is 1.23. The Bertz CT molecular complexity index is 1220. The van der Waals surface area contributed by atoms with Crippen LogP contribution in [-0.2, 0) is 0 Å². The maximum atomic E-state index is 12.7. The van der Waals surface area contributed by atoms with Gasteiger partial charge in [-0.3, -0.25) is 9.78 Å². The van der Waals surface area contributed by atoms with Crippen molar-refractivity contribution in [3.05, 3.63) is 101 Å². The molecule has 2 aromatic heterocycles. The minimum atomic E-state index is -0.337. The Morgan fingerprint density at radius 2 is 1.55 bits per heavy atom. The lowest BCUT2D eigenvalue weighted by Crippen LogP contribution is -2.39. The van der Waals surface area contributed by atoms with Crippen LogP contribution < -0.4 is 5.32 Å². The number of carbonyl (C=O) groups is 1. The molecule has 1 N–H and O–H groups in total. The van der Waals surface area contributed by atoms with E-state index in [1.807, 2.05) is 0 Å². The van der Waals surface area contributed by atoms with Crippen LogP contribution in [0.25, 0.3) is 11.5 Å². The number of nitrogens with zero attached hydrogens (tertiary/aromatic N) is 3. The number of nitrogens with one attached hydrogen (secondary N) is 1. The van der Waals surface area contributed by atoms with Gasteiger partial charge in [0.1, 0.15) is 0 Å². The summed E-state index contributed by atoms with van der Waals surface area (Å²) in [4.78, 5) is 16.7. The van der Waals surface area contributed by atoms with E-state index >= 15 is 0 Å². The van der Waals surface area contributed by atoms with Gasteiger partial charge in [-0.15, -0.1) is 10.2 Å². The predicted octanol–water partition coefficient (Wildman–Crippen LogP) is 4.16. The first-order valence-electron chi connectivity index (χ1n) is 10.5. The highest BCUT2D eigenvalue weighted by Gasteiger charge is 2.43. The zero-order valence-corrected chi connectivity index (χ0v) is 16.7.